The van der Waals surface area contributed by atoms with Crippen LogP contribution in [0, 0.1) is 0 Å². The minimum atomic E-state index is 0.0489. The van der Waals surface area contributed by atoms with Gasteiger partial charge in [-0.05, 0) is 110 Å². The van der Waals surface area contributed by atoms with Crippen LogP contribution in [0.4, 0.5) is 0 Å². The fraction of sp³-hybridized carbons (Fsp3) is 0.333. The molecule has 0 fully saturated rings. The van der Waals surface area contributed by atoms with E-state index in [1.807, 2.05) is 6.07 Å². The molecule has 8 heteroatoms. The summed E-state index contributed by atoms with van der Waals surface area (Å²) in [5, 5.41) is 3.72. The number of nitrogens with one attached hydrogen (secondary N) is 1. The monoisotopic (exact) mass is 592 g/mol. The average Bonchev–Trinajstić information content (AvgIpc) is 3.52. The second kappa shape index (κ2) is 10.9. The SMILES string of the molecule is COc1ccc2cc1Oc1cc3c(cc1OC)CCN[C@H]3Cc1ccc(cc1)Oc1c3c(cc4c1[C@@H](C2)N(C)CC4)OCO3. The van der Waals surface area contributed by atoms with Crippen LogP contribution in [0.3, 0.4) is 0 Å². The van der Waals surface area contributed by atoms with Crippen LogP contribution in [0.2, 0.25) is 0 Å². The van der Waals surface area contributed by atoms with E-state index < -0.39 is 0 Å². The van der Waals surface area contributed by atoms with Gasteiger partial charge in [-0.2, -0.15) is 0 Å². The Morgan fingerprint density at radius 3 is 2.41 bits per heavy atom. The molecule has 0 amide bonds. The molecule has 0 spiro atoms. The van der Waals surface area contributed by atoms with Crippen LogP contribution >= 0.6 is 0 Å². The average molecular weight is 593 g/mol. The van der Waals surface area contributed by atoms with Gasteiger partial charge in [0.1, 0.15) is 5.75 Å². The van der Waals surface area contributed by atoms with Crippen molar-refractivity contribution >= 4 is 0 Å². The number of hydrogen-bond acceptors (Lipinski definition) is 8. The summed E-state index contributed by atoms with van der Waals surface area (Å²) in [6.07, 6.45) is 3.40. The van der Waals surface area contributed by atoms with Crippen molar-refractivity contribution in [3.63, 3.8) is 0 Å². The van der Waals surface area contributed by atoms with Crippen molar-refractivity contribution < 1.29 is 28.4 Å². The number of fused-ring (bicyclic) bond motifs is 3. The second-order valence-corrected chi connectivity index (χ2v) is 12.0. The minimum Gasteiger partial charge on any atom is -0.493 e. The number of hydrogen-bond donors (Lipinski definition) is 1. The van der Waals surface area contributed by atoms with Gasteiger partial charge in [0.25, 0.3) is 0 Å². The third-order valence-corrected chi connectivity index (χ3v) is 9.39. The zero-order chi connectivity index (χ0) is 29.8. The molecule has 1 N–H and O–H groups in total. The van der Waals surface area contributed by atoms with Crippen LogP contribution in [0.1, 0.15) is 45.5 Å². The van der Waals surface area contributed by atoms with Crippen molar-refractivity contribution in [2.75, 3.05) is 41.1 Å². The fourth-order valence-electron chi connectivity index (χ4n) is 7.07. The van der Waals surface area contributed by atoms with E-state index in [2.05, 4.69) is 71.9 Å². The molecule has 6 bridgehead atoms. The van der Waals surface area contributed by atoms with E-state index in [1.54, 1.807) is 14.2 Å². The maximum absolute atomic E-state index is 6.73. The Bertz CT molecular complexity index is 1740. The summed E-state index contributed by atoms with van der Waals surface area (Å²) in [7, 11) is 5.54. The van der Waals surface area contributed by atoms with Crippen LogP contribution in [0.15, 0.2) is 60.7 Å². The first-order chi connectivity index (χ1) is 21.6. The van der Waals surface area contributed by atoms with Gasteiger partial charge in [0.15, 0.2) is 34.5 Å². The molecule has 5 aliphatic heterocycles. The lowest BCUT2D eigenvalue weighted by Gasteiger charge is -2.36. The summed E-state index contributed by atoms with van der Waals surface area (Å²) in [6, 6.07) is 21.2. The molecule has 5 heterocycles. The lowest BCUT2D eigenvalue weighted by molar-refractivity contribution is 0.171. The first-order valence-corrected chi connectivity index (χ1v) is 15.3. The molecule has 0 saturated carbocycles. The Hall–Kier alpha value is -4.40. The van der Waals surface area contributed by atoms with E-state index in [1.165, 1.54) is 22.3 Å². The third kappa shape index (κ3) is 4.69. The predicted octanol–water partition coefficient (Wildman–Crippen LogP) is 6.53. The first kappa shape index (κ1) is 27.2. The summed E-state index contributed by atoms with van der Waals surface area (Å²) in [5.74, 6) is 5.65. The Balaban J connectivity index is 1.31. The van der Waals surface area contributed by atoms with Gasteiger partial charge in [-0.15, -0.1) is 0 Å². The number of methoxy groups -OCH3 is 2. The van der Waals surface area contributed by atoms with Crippen LogP contribution in [0.5, 0.6) is 46.0 Å². The fourth-order valence-corrected chi connectivity index (χ4v) is 7.07. The molecule has 226 valence electrons. The number of ether oxygens (including phenoxy) is 6. The smallest absolute Gasteiger partial charge is 0.231 e. The summed E-state index contributed by atoms with van der Waals surface area (Å²) >= 11 is 0. The van der Waals surface area contributed by atoms with Gasteiger partial charge in [-0.3, -0.25) is 4.90 Å². The summed E-state index contributed by atoms with van der Waals surface area (Å²) in [6.45, 7) is 2.01. The van der Waals surface area contributed by atoms with Gasteiger partial charge >= 0.3 is 0 Å². The van der Waals surface area contributed by atoms with Gasteiger partial charge in [0, 0.05) is 24.2 Å². The maximum Gasteiger partial charge on any atom is 0.231 e. The highest BCUT2D eigenvalue weighted by Gasteiger charge is 2.35. The van der Waals surface area contributed by atoms with E-state index in [0.717, 1.165) is 72.9 Å². The Labute approximate surface area is 257 Å². The molecule has 0 unspecified atom stereocenters. The molecule has 4 aromatic rings. The van der Waals surface area contributed by atoms with Crippen molar-refractivity contribution in [3.8, 4) is 46.0 Å². The quantitative estimate of drug-likeness (QED) is 0.282. The molecule has 4 aromatic carbocycles. The largest absolute Gasteiger partial charge is 0.493 e. The van der Waals surface area contributed by atoms with Gasteiger partial charge in [-0.1, -0.05) is 18.2 Å². The molecular formula is C36H36N2O6. The summed E-state index contributed by atoms with van der Waals surface area (Å²) in [5.41, 5.74) is 7.20. The highest BCUT2D eigenvalue weighted by atomic mass is 16.7. The highest BCUT2D eigenvalue weighted by Crippen LogP contribution is 2.52. The number of likely N-dealkylation sites (N-methyl/N-ethyl adjacent to an activating group) is 1. The molecule has 0 saturated heterocycles. The van der Waals surface area contributed by atoms with Gasteiger partial charge in [-0.25, -0.2) is 0 Å². The number of benzene rings is 4. The molecule has 0 aromatic heterocycles. The van der Waals surface area contributed by atoms with E-state index in [-0.39, 0.29) is 18.9 Å². The number of nitrogens with zero attached hydrogens (tertiary/aromatic N) is 1. The van der Waals surface area contributed by atoms with Crippen molar-refractivity contribution in [1.29, 1.82) is 0 Å². The normalized spacial score (nSPS) is 20.1. The topological polar surface area (TPSA) is 70.7 Å². The molecule has 9 rings (SSSR count). The van der Waals surface area contributed by atoms with Gasteiger partial charge < -0.3 is 33.7 Å². The maximum atomic E-state index is 6.73. The zero-order valence-electron chi connectivity index (χ0n) is 25.3. The Morgan fingerprint density at radius 1 is 0.750 bits per heavy atom. The van der Waals surface area contributed by atoms with E-state index >= 15 is 0 Å². The van der Waals surface area contributed by atoms with Crippen LogP contribution in [-0.4, -0.2) is 46.0 Å². The molecule has 0 aliphatic carbocycles. The molecule has 44 heavy (non-hydrogen) atoms. The van der Waals surface area contributed by atoms with Gasteiger partial charge in [0.05, 0.1) is 14.2 Å². The molecule has 2 atom stereocenters. The van der Waals surface area contributed by atoms with Crippen molar-refractivity contribution in [2.45, 2.75) is 37.8 Å². The summed E-state index contributed by atoms with van der Waals surface area (Å²) in [4.78, 5) is 2.39. The first-order valence-electron chi connectivity index (χ1n) is 15.3. The Kier molecular flexibility index (Phi) is 6.76. The lowest BCUT2D eigenvalue weighted by atomic mass is 9.87. The van der Waals surface area contributed by atoms with E-state index in [9.17, 15) is 0 Å². The molecule has 0 radical (unpaired) electrons. The minimum absolute atomic E-state index is 0.0489. The Morgan fingerprint density at radius 2 is 1.57 bits per heavy atom. The second-order valence-electron chi connectivity index (χ2n) is 12.0. The molecule has 5 aliphatic rings. The van der Waals surface area contributed by atoms with Crippen LogP contribution < -0.4 is 33.7 Å². The lowest BCUT2D eigenvalue weighted by Crippen LogP contribution is -2.33. The van der Waals surface area contributed by atoms with Crippen LogP contribution in [-0.2, 0) is 25.7 Å². The van der Waals surface area contributed by atoms with Gasteiger partial charge in [0.2, 0.25) is 12.5 Å². The molecular weight excluding hydrogens is 556 g/mol. The highest BCUT2D eigenvalue weighted by molar-refractivity contribution is 5.63. The predicted molar refractivity (Wildman–Crippen MR) is 166 cm³/mol. The number of rotatable bonds is 2. The zero-order valence-corrected chi connectivity index (χ0v) is 25.3. The third-order valence-electron chi connectivity index (χ3n) is 9.39. The van der Waals surface area contributed by atoms with E-state index in [0.29, 0.717) is 23.0 Å². The van der Waals surface area contributed by atoms with E-state index in [4.69, 9.17) is 28.4 Å². The summed E-state index contributed by atoms with van der Waals surface area (Å²) < 4.78 is 36.9. The van der Waals surface area contributed by atoms with Crippen LogP contribution in [0.25, 0.3) is 0 Å². The molecule has 8 nitrogen and oxygen atoms in total. The standard InChI is InChI=1S/C36H36N2O6/c1-38-13-11-24-18-33-35(42-20-41-33)36-34(24)28(38)15-22-6-9-29(39-2)31(16-22)44-32-19-26-23(17-30(32)40-3)10-12-37-27(26)14-21-4-7-25(43-36)8-5-21/h4-9,16-19,27-28,37H,10-15,20H2,1-3H3/t27-,28+/m0/s1. The van der Waals surface area contributed by atoms with Crippen molar-refractivity contribution in [1.82, 2.24) is 10.2 Å². The van der Waals surface area contributed by atoms with Crippen molar-refractivity contribution in [3.05, 3.63) is 94.0 Å². The van der Waals surface area contributed by atoms with Crippen molar-refractivity contribution in [2.24, 2.45) is 0 Å².